The van der Waals surface area contributed by atoms with Crippen molar-refractivity contribution in [2.45, 2.75) is 51.4 Å². The second kappa shape index (κ2) is 7.55. The fraction of sp³-hybridized carbons (Fsp3) is 0.625. The maximum atomic E-state index is 9.83. The summed E-state index contributed by atoms with van der Waals surface area (Å²) in [6.07, 6.45) is 5.84. The summed E-state index contributed by atoms with van der Waals surface area (Å²) in [5.41, 5.74) is 8.17. The Balaban J connectivity index is 2.83. The van der Waals surface area contributed by atoms with Crippen LogP contribution in [-0.2, 0) is 5.41 Å². The molecule has 3 N–H and O–H groups in total. The third kappa shape index (κ3) is 3.56. The molecule has 2 nitrogen and oxygen atoms in total. The SMILES string of the molecule is CCCCCCC(CN)(CO)c1ccccc1C. The molecule has 0 radical (unpaired) electrons. The van der Waals surface area contributed by atoms with Gasteiger partial charge in [-0.15, -0.1) is 0 Å². The quantitative estimate of drug-likeness (QED) is 0.695. The van der Waals surface area contributed by atoms with Gasteiger partial charge in [0.25, 0.3) is 0 Å². The molecule has 102 valence electrons. The Kier molecular flexibility index (Phi) is 6.37. The molecule has 1 aromatic carbocycles. The van der Waals surface area contributed by atoms with E-state index in [0.29, 0.717) is 6.54 Å². The molecule has 0 aliphatic carbocycles. The molecule has 0 aliphatic rings. The third-order valence-electron chi connectivity index (χ3n) is 3.92. The van der Waals surface area contributed by atoms with Gasteiger partial charge in [0, 0.05) is 12.0 Å². The smallest absolute Gasteiger partial charge is 0.0540 e. The van der Waals surface area contributed by atoms with Gasteiger partial charge < -0.3 is 10.8 Å². The lowest BCUT2D eigenvalue weighted by Gasteiger charge is -2.32. The van der Waals surface area contributed by atoms with Crippen LogP contribution in [0.4, 0.5) is 0 Å². The Morgan fingerprint density at radius 2 is 1.89 bits per heavy atom. The number of rotatable bonds is 8. The Morgan fingerprint density at radius 3 is 2.44 bits per heavy atom. The molecule has 1 atom stereocenters. The van der Waals surface area contributed by atoms with E-state index >= 15 is 0 Å². The lowest BCUT2D eigenvalue weighted by atomic mass is 9.75. The van der Waals surface area contributed by atoms with Gasteiger partial charge in [-0.1, -0.05) is 56.9 Å². The average Bonchev–Trinajstić information content (AvgIpc) is 2.41. The van der Waals surface area contributed by atoms with Crippen molar-refractivity contribution < 1.29 is 5.11 Å². The van der Waals surface area contributed by atoms with Crippen molar-refractivity contribution in [1.29, 1.82) is 0 Å². The highest BCUT2D eigenvalue weighted by atomic mass is 16.3. The zero-order valence-corrected chi connectivity index (χ0v) is 11.8. The molecule has 2 heteroatoms. The van der Waals surface area contributed by atoms with Crippen molar-refractivity contribution in [2.24, 2.45) is 5.73 Å². The molecular formula is C16H27NO. The zero-order valence-electron chi connectivity index (χ0n) is 11.8. The van der Waals surface area contributed by atoms with E-state index in [1.807, 2.05) is 12.1 Å². The van der Waals surface area contributed by atoms with E-state index in [2.05, 4.69) is 26.0 Å². The van der Waals surface area contributed by atoms with Gasteiger partial charge in [-0.05, 0) is 24.5 Å². The largest absolute Gasteiger partial charge is 0.395 e. The summed E-state index contributed by atoms with van der Waals surface area (Å²) in [5.74, 6) is 0. The van der Waals surface area contributed by atoms with Crippen LogP contribution in [0.2, 0.25) is 0 Å². The van der Waals surface area contributed by atoms with Crippen molar-refractivity contribution in [1.82, 2.24) is 0 Å². The Labute approximate surface area is 111 Å². The van der Waals surface area contributed by atoms with E-state index in [1.165, 1.54) is 30.4 Å². The molecule has 1 rings (SSSR count). The lowest BCUT2D eigenvalue weighted by Crippen LogP contribution is -2.39. The number of hydrogen-bond acceptors (Lipinski definition) is 2. The molecule has 18 heavy (non-hydrogen) atoms. The van der Waals surface area contributed by atoms with Crippen LogP contribution in [0, 0.1) is 6.92 Å². The number of aryl methyl sites for hydroxylation is 1. The molecule has 0 bridgehead atoms. The molecular weight excluding hydrogens is 222 g/mol. The van der Waals surface area contributed by atoms with Gasteiger partial charge in [-0.25, -0.2) is 0 Å². The highest BCUT2D eigenvalue weighted by molar-refractivity contribution is 5.34. The molecule has 0 fully saturated rings. The summed E-state index contributed by atoms with van der Waals surface area (Å²) in [7, 11) is 0. The zero-order chi connectivity index (χ0) is 13.4. The normalized spacial score (nSPS) is 14.4. The van der Waals surface area contributed by atoms with Crippen LogP contribution in [-0.4, -0.2) is 18.3 Å². The first-order valence-corrected chi connectivity index (χ1v) is 7.07. The number of hydrogen-bond donors (Lipinski definition) is 2. The Bertz CT molecular complexity index is 345. The molecule has 0 aliphatic heterocycles. The number of nitrogens with two attached hydrogens (primary N) is 1. The fourth-order valence-electron chi connectivity index (χ4n) is 2.63. The summed E-state index contributed by atoms with van der Waals surface area (Å²) in [6.45, 7) is 4.96. The van der Waals surface area contributed by atoms with E-state index in [0.717, 1.165) is 12.8 Å². The Morgan fingerprint density at radius 1 is 1.17 bits per heavy atom. The van der Waals surface area contributed by atoms with Gasteiger partial charge in [-0.2, -0.15) is 0 Å². The lowest BCUT2D eigenvalue weighted by molar-refractivity contribution is 0.184. The van der Waals surface area contributed by atoms with Crippen LogP contribution >= 0.6 is 0 Å². The predicted octanol–water partition coefficient (Wildman–Crippen LogP) is 3.15. The highest BCUT2D eigenvalue weighted by Gasteiger charge is 2.30. The molecule has 0 amide bonds. The van der Waals surface area contributed by atoms with Gasteiger partial charge in [-0.3, -0.25) is 0 Å². The summed E-state index contributed by atoms with van der Waals surface area (Å²) >= 11 is 0. The molecule has 1 unspecified atom stereocenters. The minimum atomic E-state index is -0.251. The number of aliphatic hydroxyl groups excluding tert-OH is 1. The van der Waals surface area contributed by atoms with E-state index in [-0.39, 0.29) is 12.0 Å². The van der Waals surface area contributed by atoms with Crippen LogP contribution in [0.25, 0.3) is 0 Å². The predicted molar refractivity (Wildman–Crippen MR) is 77.8 cm³/mol. The first-order chi connectivity index (χ1) is 8.70. The van der Waals surface area contributed by atoms with Gasteiger partial charge >= 0.3 is 0 Å². The maximum absolute atomic E-state index is 9.83. The van der Waals surface area contributed by atoms with Crippen molar-refractivity contribution >= 4 is 0 Å². The molecule has 0 spiro atoms. The summed E-state index contributed by atoms with van der Waals surface area (Å²) in [5, 5.41) is 9.83. The second-order valence-electron chi connectivity index (χ2n) is 5.27. The topological polar surface area (TPSA) is 46.2 Å². The standard InChI is InChI=1S/C16H27NO/c1-3-4-5-8-11-16(12-17,13-18)15-10-7-6-9-14(15)2/h6-7,9-10,18H,3-5,8,11-13,17H2,1-2H3. The minimum Gasteiger partial charge on any atom is -0.395 e. The molecule has 0 saturated heterocycles. The first kappa shape index (κ1) is 15.2. The average molecular weight is 249 g/mol. The number of aliphatic hydroxyl groups is 1. The van der Waals surface area contributed by atoms with E-state index in [4.69, 9.17) is 5.73 Å². The maximum Gasteiger partial charge on any atom is 0.0540 e. The first-order valence-electron chi connectivity index (χ1n) is 7.07. The summed E-state index contributed by atoms with van der Waals surface area (Å²) < 4.78 is 0. The van der Waals surface area contributed by atoms with E-state index < -0.39 is 0 Å². The van der Waals surface area contributed by atoms with Gasteiger partial charge in [0.2, 0.25) is 0 Å². The van der Waals surface area contributed by atoms with E-state index in [1.54, 1.807) is 0 Å². The molecule has 0 heterocycles. The Hall–Kier alpha value is -0.860. The monoisotopic (exact) mass is 249 g/mol. The second-order valence-corrected chi connectivity index (χ2v) is 5.27. The van der Waals surface area contributed by atoms with Crippen LogP contribution < -0.4 is 5.73 Å². The van der Waals surface area contributed by atoms with Crippen LogP contribution in [0.1, 0.15) is 50.2 Å². The minimum absolute atomic E-state index is 0.139. The van der Waals surface area contributed by atoms with Crippen LogP contribution in [0.3, 0.4) is 0 Å². The summed E-state index contributed by atoms with van der Waals surface area (Å²) in [6, 6.07) is 8.28. The highest BCUT2D eigenvalue weighted by Crippen LogP contribution is 2.31. The van der Waals surface area contributed by atoms with Gasteiger partial charge in [0.05, 0.1) is 6.61 Å². The number of unbranched alkanes of at least 4 members (excludes halogenated alkanes) is 3. The van der Waals surface area contributed by atoms with Gasteiger partial charge in [0.1, 0.15) is 0 Å². The van der Waals surface area contributed by atoms with E-state index in [9.17, 15) is 5.11 Å². The third-order valence-corrected chi connectivity index (χ3v) is 3.92. The van der Waals surface area contributed by atoms with Gasteiger partial charge in [0.15, 0.2) is 0 Å². The van der Waals surface area contributed by atoms with Crippen molar-refractivity contribution in [3.63, 3.8) is 0 Å². The summed E-state index contributed by atoms with van der Waals surface area (Å²) in [4.78, 5) is 0. The van der Waals surface area contributed by atoms with Crippen LogP contribution in [0.5, 0.6) is 0 Å². The molecule has 1 aromatic rings. The number of benzene rings is 1. The molecule has 0 aromatic heterocycles. The van der Waals surface area contributed by atoms with Crippen molar-refractivity contribution in [3.8, 4) is 0 Å². The van der Waals surface area contributed by atoms with Crippen molar-refractivity contribution in [3.05, 3.63) is 35.4 Å². The van der Waals surface area contributed by atoms with Crippen LogP contribution in [0.15, 0.2) is 24.3 Å². The molecule has 0 saturated carbocycles. The fourth-order valence-corrected chi connectivity index (χ4v) is 2.63. The van der Waals surface area contributed by atoms with Crippen molar-refractivity contribution in [2.75, 3.05) is 13.2 Å².